The van der Waals surface area contributed by atoms with E-state index < -0.39 is 0 Å². The lowest BCUT2D eigenvalue weighted by Crippen LogP contribution is -2.11. The van der Waals surface area contributed by atoms with E-state index in [2.05, 4.69) is 17.2 Å². The van der Waals surface area contributed by atoms with Gasteiger partial charge in [-0.3, -0.25) is 10.1 Å². The molecule has 1 amide bonds. The fourth-order valence-corrected chi connectivity index (χ4v) is 3.28. The summed E-state index contributed by atoms with van der Waals surface area (Å²) in [5.41, 5.74) is 2.75. The van der Waals surface area contributed by atoms with Crippen LogP contribution >= 0.6 is 11.3 Å². The summed E-state index contributed by atoms with van der Waals surface area (Å²) < 4.78 is 2.01. The third kappa shape index (κ3) is 2.56. The number of carbonyl (C=O) groups is 1. The van der Waals surface area contributed by atoms with Gasteiger partial charge in [-0.2, -0.15) is 0 Å². The molecule has 2 heterocycles. The van der Waals surface area contributed by atoms with Crippen molar-refractivity contribution in [2.24, 2.45) is 7.05 Å². The van der Waals surface area contributed by atoms with Crippen LogP contribution in [0.15, 0.2) is 30.5 Å². The van der Waals surface area contributed by atoms with Crippen LogP contribution < -0.4 is 5.32 Å². The molecule has 3 aromatic rings. The highest BCUT2D eigenvalue weighted by Gasteiger charge is 2.12. The Morgan fingerprint density at radius 1 is 1.38 bits per heavy atom. The van der Waals surface area contributed by atoms with Crippen molar-refractivity contribution in [3.63, 3.8) is 0 Å². The summed E-state index contributed by atoms with van der Waals surface area (Å²) in [5, 5.41) is 4.69. The standard InChI is InChI=1S/C16H17N3OS/c1-4-13-10(2)21-16(17-13)18-15(20)12-6-5-11-7-8-19(3)14(11)9-12/h5-9H,4H2,1-3H3,(H,17,18,20). The van der Waals surface area contributed by atoms with Crippen LogP contribution in [0, 0.1) is 6.92 Å². The summed E-state index contributed by atoms with van der Waals surface area (Å²) >= 11 is 1.52. The topological polar surface area (TPSA) is 46.9 Å². The molecule has 0 spiro atoms. The van der Waals surface area contributed by atoms with Gasteiger partial charge in [0.15, 0.2) is 5.13 Å². The first-order valence-corrected chi connectivity index (χ1v) is 7.73. The number of amides is 1. The second-order valence-corrected chi connectivity index (χ2v) is 6.23. The van der Waals surface area contributed by atoms with Crippen LogP contribution in [0.3, 0.4) is 0 Å². The van der Waals surface area contributed by atoms with Crippen molar-refractivity contribution in [2.75, 3.05) is 5.32 Å². The number of aryl methyl sites for hydroxylation is 3. The second-order valence-electron chi connectivity index (χ2n) is 5.03. The summed E-state index contributed by atoms with van der Waals surface area (Å²) in [4.78, 5) is 17.9. The van der Waals surface area contributed by atoms with Crippen molar-refractivity contribution in [3.05, 3.63) is 46.6 Å². The van der Waals surface area contributed by atoms with Crippen LogP contribution in [0.1, 0.15) is 27.9 Å². The molecule has 0 unspecified atom stereocenters. The van der Waals surface area contributed by atoms with E-state index in [1.165, 1.54) is 11.3 Å². The summed E-state index contributed by atoms with van der Waals surface area (Å²) in [7, 11) is 1.97. The Labute approximate surface area is 127 Å². The highest BCUT2D eigenvalue weighted by Crippen LogP contribution is 2.23. The maximum atomic E-state index is 12.3. The Balaban J connectivity index is 1.87. The second kappa shape index (κ2) is 5.33. The maximum Gasteiger partial charge on any atom is 0.257 e. The van der Waals surface area contributed by atoms with E-state index in [0.29, 0.717) is 10.7 Å². The Morgan fingerprint density at radius 3 is 2.90 bits per heavy atom. The van der Waals surface area contributed by atoms with Crippen LogP contribution in [0.25, 0.3) is 10.9 Å². The Morgan fingerprint density at radius 2 is 2.19 bits per heavy atom. The number of benzene rings is 1. The molecule has 0 radical (unpaired) electrons. The molecule has 0 bridgehead atoms. The normalized spacial score (nSPS) is 11.0. The van der Waals surface area contributed by atoms with E-state index in [0.717, 1.165) is 27.9 Å². The molecule has 108 valence electrons. The number of anilines is 1. The molecule has 4 nitrogen and oxygen atoms in total. The van der Waals surface area contributed by atoms with Crippen LogP contribution in [-0.4, -0.2) is 15.5 Å². The number of carbonyl (C=O) groups excluding carboxylic acids is 1. The molecule has 0 saturated heterocycles. The van der Waals surface area contributed by atoms with Gasteiger partial charge in [-0.05, 0) is 36.9 Å². The number of nitrogens with zero attached hydrogens (tertiary/aromatic N) is 2. The maximum absolute atomic E-state index is 12.3. The van der Waals surface area contributed by atoms with Crippen LogP contribution in [-0.2, 0) is 13.5 Å². The third-order valence-corrected chi connectivity index (χ3v) is 4.53. The molecule has 0 saturated carbocycles. The zero-order chi connectivity index (χ0) is 15.0. The molecule has 0 aliphatic heterocycles. The molecule has 5 heteroatoms. The van der Waals surface area contributed by atoms with Crippen LogP contribution in [0.4, 0.5) is 5.13 Å². The van der Waals surface area contributed by atoms with Crippen molar-refractivity contribution in [1.82, 2.24) is 9.55 Å². The van der Waals surface area contributed by atoms with Gasteiger partial charge in [-0.25, -0.2) is 4.98 Å². The minimum absolute atomic E-state index is 0.116. The first kappa shape index (κ1) is 13.8. The lowest BCUT2D eigenvalue weighted by atomic mass is 10.1. The summed E-state index contributed by atoms with van der Waals surface area (Å²) in [6, 6.07) is 7.76. The predicted octanol–water partition coefficient (Wildman–Crippen LogP) is 3.76. The minimum Gasteiger partial charge on any atom is -0.351 e. The monoisotopic (exact) mass is 299 g/mol. The molecule has 3 rings (SSSR count). The van der Waals surface area contributed by atoms with Gasteiger partial charge in [0.2, 0.25) is 0 Å². The molecule has 2 aromatic heterocycles. The Kier molecular flexibility index (Phi) is 3.51. The number of thiazole rings is 1. The van der Waals surface area contributed by atoms with E-state index in [-0.39, 0.29) is 5.91 Å². The first-order valence-electron chi connectivity index (χ1n) is 6.91. The van der Waals surface area contributed by atoms with Gasteiger partial charge in [0.1, 0.15) is 0 Å². The quantitative estimate of drug-likeness (QED) is 0.800. The zero-order valence-electron chi connectivity index (χ0n) is 12.3. The van der Waals surface area contributed by atoms with E-state index >= 15 is 0 Å². The Bertz CT molecular complexity index is 816. The number of rotatable bonds is 3. The van der Waals surface area contributed by atoms with Gasteiger partial charge in [0.05, 0.1) is 5.69 Å². The van der Waals surface area contributed by atoms with Crippen molar-refractivity contribution < 1.29 is 4.79 Å². The largest absolute Gasteiger partial charge is 0.351 e. The third-order valence-electron chi connectivity index (χ3n) is 3.60. The average molecular weight is 299 g/mol. The molecule has 21 heavy (non-hydrogen) atoms. The summed E-state index contributed by atoms with van der Waals surface area (Å²) in [6.45, 7) is 4.10. The van der Waals surface area contributed by atoms with E-state index in [1.54, 1.807) is 0 Å². The molecule has 0 atom stereocenters. The van der Waals surface area contributed by atoms with E-state index in [9.17, 15) is 4.79 Å². The average Bonchev–Trinajstić information content (AvgIpc) is 3.02. The van der Waals surface area contributed by atoms with Crippen LogP contribution in [0.2, 0.25) is 0 Å². The smallest absolute Gasteiger partial charge is 0.257 e. The van der Waals surface area contributed by atoms with Gasteiger partial charge >= 0.3 is 0 Å². The molecular weight excluding hydrogens is 282 g/mol. The number of nitrogens with one attached hydrogen (secondary N) is 1. The van der Waals surface area contributed by atoms with E-state index in [1.807, 2.05) is 49.0 Å². The first-order chi connectivity index (χ1) is 10.1. The van der Waals surface area contributed by atoms with Crippen molar-refractivity contribution in [1.29, 1.82) is 0 Å². The lowest BCUT2D eigenvalue weighted by Gasteiger charge is -2.03. The molecule has 0 aliphatic rings. The number of aromatic nitrogens is 2. The molecule has 0 fully saturated rings. The van der Waals surface area contributed by atoms with Gasteiger partial charge in [0, 0.05) is 29.2 Å². The van der Waals surface area contributed by atoms with Gasteiger partial charge in [0.25, 0.3) is 5.91 Å². The summed E-state index contributed by atoms with van der Waals surface area (Å²) in [6.07, 6.45) is 2.87. The lowest BCUT2D eigenvalue weighted by molar-refractivity contribution is 0.102. The number of fused-ring (bicyclic) bond motifs is 1. The highest BCUT2D eigenvalue weighted by molar-refractivity contribution is 7.15. The minimum atomic E-state index is -0.116. The van der Waals surface area contributed by atoms with Crippen molar-refractivity contribution in [3.8, 4) is 0 Å². The Hall–Kier alpha value is -2.14. The van der Waals surface area contributed by atoms with Gasteiger partial charge in [-0.1, -0.05) is 13.0 Å². The summed E-state index contributed by atoms with van der Waals surface area (Å²) in [5.74, 6) is -0.116. The zero-order valence-corrected chi connectivity index (χ0v) is 13.1. The van der Waals surface area contributed by atoms with E-state index in [4.69, 9.17) is 0 Å². The van der Waals surface area contributed by atoms with Crippen molar-refractivity contribution in [2.45, 2.75) is 20.3 Å². The number of hydrogen-bond acceptors (Lipinski definition) is 3. The highest BCUT2D eigenvalue weighted by atomic mass is 32.1. The molecule has 1 N–H and O–H groups in total. The predicted molar refractivity (Wildman–Crippen MR) is 87.1 cm³/mol. The molecule has 0 aliphatic carbocycles. The van der Waals surface area contributed by atoms with Crippen molar-refractivity contribution >= 4 is 33.3 Å². The molecular formula is C16H17N3OS. The fraction of sp³-hybridized carbons (Fsp3) is 0.250. The van der Waals surface area contributed by atoms with Crippen LogP contribution in [0.5, 0.6) is 0 Å². The SMILES string of the molecule is CCc1nc(NC(=O)c2ccc3ccn(C)c3c2)sc1C. The number of hydrogen-bond donors (Lipinski definition) is 1. The fourth-order valence-electron chi connectivity index (χ4n) is 2.38. The van der Waals surface area contributed by atoms with Gasteiger partial charge < -0.3 is 4.57 Å². The molecule has 1 aromatic carbocycles. The van der Waals surface area contributed by atoms with Gasteiger partial charge in [-0.15, -0.1) is 11.3 Å².